The molecule has 0 spiro atoms. The molecule has 0 bridgehead atoms. The third kappa shape index (κ3) is 2.34. The lowest BCUT2D eigenvalue weighted by atomic mass is 9.72. The average Bonchev–Trinajstić information content (AvgIpc) is 2.21. The van der Waals surface area contributed by atoms with E-state index in [1.165, 1.54) is 0 Å². The van der Waals surface area contributed by atoms with E-state index in [1.54, 1.807) is 13.0 Å². The maximum Gasteiger partial charge on any atom is 0.164 e. The van der Waals surface area contributed by atoms with Crippen LogP contribution in [0.1, 0.15) is 49.7 Å². The van der Waals surface area contributed by atoms with Gasteiger partial charge in [-0.2, -0.15) is 0 Å². The Bertz CT molecular complexity index is 353. The quantitative estimate of drug-likeness (QED) is 0.613. The van der Waals surface area contributed by atoms with Crippen molar-refractivity contribution in [1.82, 2.24) is 0 Å². The molecule has 0 aromatic rings. The van der Waals surface area contributed by atoms with Gasteiger partial charge in [-0.1, -0.05) is 24.6 Å². The Hall–Kier alpha value is -0.850. The molecule has 0 saturated carbocycles. The Morgan fingerprint density at radius 3 is 2.93 bits per heavy atom. The lowest BCUT2D eigenvalue weighted by Crippen LogP contribution is -2.30. The number of rotatable bonds is 2. The molecule has 0 aliphatic heterocycles. The van der Waals surface area contributed by atoms with Gasteiger partial charge in [0.25, 0.3) is 0 Å². The maximum atomic E-state index is 12.1. The van der Waals surface area contributed by atoms with E-state index < -0.39 is 18.2 Å². The summed E-state index contributed by atoms with van der Waals surface area (Å²) in [4.78, 5) is 12.1. The third-order valence-electron chi connectivity index (χ3n) is 2.62. The standard InChI is InChI=1S/C13H20O/c1-10(2)7-9-13(4)8-5-6-11(3)12(13)14/h6-7H,5,8-9H2,1-4H3/i5D,8D. The molecule has 3 unspecified atom stereocenters. The molecule has 0 heterocycles. The van der Waals surface area contributed by atoms with Crippen molar-refractivity contribution in [2.24, 2.45) is 5.41 Å². The Balaban J connectivity index is 3.05. The summed E-state index contributed by atoms with van der Waals surface area (Å²) in [6.07, 6.45) is 2.89. The van der Waals surface area contributed by atoms with Crippen LogP contribution >= 0.6 is 0 Å². The molecule has 0 fully saturated rings. The normalized spacial score (nSPS) is 39.7. The summed E-state index contributed by atoms with van der Waals surface area (Å²) in [5, 5.41) is 0. The minimum atomic E-state index is -0.734. The molecule has 0 N–H and O–H groups in total. The van der Waals surface area contributed by atoms with Crippen molar-refractivity contribution < 1.29 is 7.54 Å². The molecule has 1 aliphatic carbocycles. The minimum Gasteiger partial charge on any atom is -0.294 e. The van der Waals surface area contributed by atoms with E-state index in [0.717, 1.165) is 5.57 Å². The Labute approximate surface area is 89.7 Å². The number of allylic oxidation sites excluding steroid dienone is 4. The maximum absolute atomic E-state index is 12.1. The molecule has 0 radical (unpaired) electrons. The van der Waals surface area contributed by atoms with Crippen LogP contribution in [0, 0.1) is 5.41 Å². The van der Waals surface area contributed by atoms with Crippen LogP contribution in [0.15, 0.2) is 23.3 Å². The molecule has 1 heteroatoms. The van der Waals surface area contributed by atoms with E-state index in [2.05, 4.69) is 0 Å². The second-order valence-electron chi connectivity index (χ2n) is 4.44. The summed E-state index contributed by atoms with van der Waals surface area (Å²) in [6, 6.07) is 0. The fourth-order valence-electron chi connectivity index (χ4n) is 1.58. The molecule has 1 nitrogen and oxygen atoms in total. The molecule has 1 aliphatic rings. The van der Waals surface area contributed by atoms with E-state index in [0.29, 0.717) is 12.0 Å². The van der Waals surface area contributed by atoms with Crippen molar-refractivity contribution in [3.8, 4) is 0 Å². The first-order chi connectivity index (χ1) is 7.29. The van der Waals surface area contributed by atoms with Gasteiger partial charge in [0.05, 0.1) is 0 Å². The summed E-state index contributed by atoms with van der Waals surface area (Å²) >= 11 is 0. The third-order valence-corrected chi connectivity index (χ3v) is 2.62. The summed E-state index contributed by atoms with van der Waals surface area (Å²) in [5.41, 5.74) is 1.05. The van der Waals surface area contributed by atoms with Gasteiger partial charge in [-0.3, -0.25) is 4.79 Å². The fraction of sp³-hybridized carbons (Fsp3) is 0.615. The van der Waals surface area contributed by atoms with E-state index in [4.69, 9.17) is 2.74 Å². The molecule has 0 amide bonds. The molecule has 3 atom stereocenters. The van der Waals surface area contributed by atoms with E-state index in [1.807, 2.05) is 26.8 Å². The van der Waals surface area contributed by atoms with Crippen LogP contribution in [0.2, 0.25) is 0 Å². The zero-order valence-corrected chi connectivity index (χ0v) is 9.42. The predicted octanol–water partition coefficient (Wildman–Crippen LogP) is 3.66. The topological polar surface area (TPSA) is 17.1 Å². The van der Waals surface area contributed by atoms with Crippen LogP contribution in [0.5, 0.6) is 0 Å². The highest BCUT2D eigenvalue weighted by Crippen LogP contribution is 2.36. The smallest absolute Gasteiger partial charge is 0.164 e. The Kier molecular flexibility index (Phi) is 2.49. The van der Waals surface area contributed by atoms with Crippen molar-refractivity contribution in [3.05, 3.63) is 23.3 Å². The van der Waals surface area contributed by atoms with E-state index >= 15 is 0 Å². The molecule has 0 aromatic heterocycles. The van der Waals surface area contributed by atoms with Gasteiger partial charge in [-0.25, -0.2) is 0 Å². The monoisotopic (exact) mass is 194 g/mol. The molecule has 78 valence electrons. The molecular formula is C13H20O. The van der Waals surface area contributed by atoms with Gasteiger partial charge < -0.3 is 0 Å². The van der Waals surface area contributed by atoms with Gasteiger partial charge in [-0.05, 0) is 45.6 Å². The van der Waals surface area contributed by atoms with Crippen molar-refractivity contribution in [2.45, 2.75) is 46.9 Å². The fourth-order valence-corrected chi connectivity index (χ4v) is 1.58. The van der Waals surface area contributed by atoms with Crippen LogP contribution < -0.4 is 0 Å². The van der Waals surface area contributed by atoms with Gasteiger partial charge in [0.15, 0.2) is 5.78 Å². The number of hydrogen-bond donors (Lipinski definition) is 0. The predicted molar refractivity (Wildman–Crippen MR) is 60.2 cm³/mol. The SMILES string of the molecule is [2H]C1C=C(C)C(=O)C(C)(CC=C(C)C)C1[2H]. The molecule has 0 aromatic carbocycles. The summed E-state index contributed by atoms with van der Waals surface area (Å²) in [6.45, 7) is 7.52. The lowest BCUT2D eigenvalue weighted by Gasteiger charge is -2.30. The summed E-state index contributed by atoms with van der Waals surface area (Å²) in [7, 11) is 0. The van der Waals surface area contributed by atoms with Crippen LogP contribution in [0.4, 0.5) is 0 Å². The molecule has 0 saturated heterocycles. The minimum absolute atomic E-state index is 0.0218. The van der Waals surface area contributed by atoms with Gasteiger partial charge in [0.1, 0.15) is 0 Å². The van der Waals surface area contributed by atoms with Crippen LogP contribution in [-0.2, 0) is 4.79 Å². The second kappa shape index (κ2) is 4.12. The zero-order valence-electron chi connectivity index (χ0n) is 11.4. The van der Waals surface area contributed by atoms with Crippen molar-refractivity contribution in [2.75, 3.05) is 0 Å². The highest BCUT2D eigenvalue weighted by Gasteiger charge is 2.34. The molecular weight excluding hydrogens is 172 g/mol. The van der Waals surface area contributed by atoms with Crippen LogP contribution in [-0.4, -0.2) is 5.78 Å². The lowest BCUT2D eigenvalue weighted by molar-refractivity contribution is -0.124. The number of carbonyl (C=O) groups excluding carboxylic acids is 1. The molecule has 14 heavy (non-hydrogen) atoms. The van der Waals surface area contributed by atoms with Crippen LogP contribution in [0.3, 0.4) is 0 Å². The highest BCUT2D eigenvalue weighted by molar-refractivity contribution is 5.99. The first-order valence-electron chi connectivity index (χ1n) is 6.15. The second-order valence-corrected chi connectivity index (χ2v) is 4.44. The van der Waals surface area contributed by atoms with Gasteiger partial charge in [0, 0.05) is 8.16 Å². The van der Waals surface area contributed by atoms with Crippen molar-refractivity contribution in [3.63, 3.8) is 0 Å². The number of hydrogen-bond acceptors (Lipinski definition) is 1. The Morgan fingerprint density at radius 1 is 1.71 bits per heavy atom. The van der Waals surface area contributed by atoms with Gasteiger partial charge in [-0.15, -0.1) is 0 Å². The zero-order chi connectivity index (χ0) is 12.5. The number of carbonyl (C=O) groups is 1. The molecule has 1 rings (SSSR count). The first kappa shape index (κ1) is 8.46. The van der Waals surface area contributed by atoms with Gasteiger partial charge >= 0.3 is 0 Å². The average molecular weight is 194 g/mol. The van der Waals surface area contributed by atoms with E-state index in [9.17, 15) is 4.79 Å². The summed E-state index contributed by atoms with van der Waals surface area (Å²) < 4.78 is 15.8. The largest absolute Gasteiger partial charge is 0.294 e. The Morgan fingerprint density at radius 2 is 2.36 bits per heavy atom. The van der Waals surface area contributed by atoms with Crippen molar-refractivity contribution in [1.29, 1.82) is 0 Å². The highest BCUT2D eigenvalue weighted by atomic mass is 16.1. The number of Topliss-reactive ketones (excluding diaryl/α,β-unsaturated/α-hetero) is 1. The van der Waals surface area contributed by atoms with E-state index in [-0.39, 0.29) is 5.78 Å². The van der Waals surface area contributed by atoms with Crippen molar-refractivity contribution >= 4 is 5.78 Å². The van der Waals surface area contributed by atoms with Gasteiger partial charge in [0.2, 0.25) is 0 Å². The summed E-state index contributed by atoms with van der Waals surface area (Å²) in [5.74, 6) is 0.0218. The van der Waals surface area contributed by atoms with Crippen LogP contribution in [0.25, 0.3) is 0 Å². The first-order valence-corrected chi connectivity index (χ1v) is 5.00. The number of ketones is 1.